The van der Waals surface area contributed by atoms with Crippen molar-refractivity contribution in [3.8, 4) is 17.6 Å². The Kier molecular flexibility index (Phi) is 9.16. The lowest BCUT2D eigenvalue weighted by Crippen LogP contribution is -2.09. The fourth-order valence-corrected chi connectivity index (χ4v) is 3.49. The average molecular weight is 432 g/mol. The van der Waals surface area contributed by atoms with Crippen molar-refractivity contribution in [2.45, 2.75) is 37.0 Å². The number of ether oxygens (including phenoxy) is 2. The molecule has 5 nitrogen and oxygen atoms in total. The molecule has 1 amide bonds. The van der Waals surface area contributed by atoms with Crippen molar-refractivity contribution in [1.82, 2.24) is 0 Å². The molecule has 0 radical (unpaired) electrons. The van der Waals surface area contributed by atoms with E-state index in [1.54, 1.807) is 25.1 Å². The number of nitriles is 1. The van der Waals surface area contributed by atoms with Gasteiger partial charge in [-0.2, -0.15) is 14.0 Å². The van der Waals surface area contributed by atoms with Gasteiger partial charge in [0.1, 0.15) is 0 Å². The molecule has 30 heavy (non-hydrogen) atoms. The van der Waals surface area contributed by atoms with Gasteiger partial charge in [0.05, 0.1) is 18.4 Å². The Balaban J connectivity index is 2.10. The average Bonchev–Trinajstić information content (AvgIpc) is 2.69. The number of benzene rings is 2. The number of carbonyl (C=O) groups is 1. The quantitative estimate of drug-likeness (QED) is 0.383. The van der Waals surface area contributed by atoms with E-state index in [0.29, 0.717) is 17.7 Å². The summed E-state index contributed by atoms with van der Waals surface area (Å²) in [6, 6.07) is 13.9. The third-order valence-corrected chi connectivity index (χ3v) is 4.94. The minimum Gasteiger partial charge on any atom is -0.490 e. The van der Waals surface area contributed by atoms with E-state index in [0.717, 1.165) is 4.90 Å². The molecule has 0 saturated heterocycles. The highest BCUT2D eigenvalue weighted by Crippen LogP contribution is 2.32. The number of anilines is 1. The molecular formula is C22H22F2N2O3S. The predicted molar refractivity (Wildman–Crippen MR) is 114 cm³/mol. The molecule has 2 rings (SSSR count). The molecule has 8 heteroatoms. The summed E-state index contributed by atoms with van der Waals surface area (Å²) in [7, 11) is 0. The van der Waals surface area contributed by atoms with E-state index in [4.69, 9.17) is 10.00 Å². The third-order valence-electron chi connectivity index (χ3n) is 3.76. The maximum absolute atomic E-state index is 12.5. The molecule has 0 aromatic heterocycles. The Labute approximate surface area is 178 Å². The number of nitrogens with zero attached hydrogens (tertiary/aromatic N) is 1. The second-order valence-corrected chi connectivity index (χ2v) is 7.61. The van der Waals surface area contributed by atoms with E-state index in [-0.39, 0.29) is 29.3 Å². The van der Waals surface area contributed by atoms with Gasteiger partial charge in [0.2, 0.25) is 5.91 Å². The van der Waals surface area contributed by atoms with Crippen LogP contribution in [-0.4, -0.2) is 24.4 Å². The van der Waals surface area contributed by atoms with Gasteiger partial charge in [-0.15, -0.1) is 11.8 Å². The van der Waals surface area contributed by atoms with E-state index >= 15 is 0 Å². The van der Waals surface area contributed by atoms with E-state index in [1.807, 2.05) is 25.1 Å². The lowest BCUT2D eigenvalue weighted by Gasteiger charge is -2.12. The van der Waals surface area contributed by atoms with Gasteiger partial charge in [-0.3, -0.25) is 4.79 Å². The molecule has 0 aliphatic heterocycles. The highest BCUT2D eigenvalue weighted by molar-refractivity contribution is 8.00. The standard InChI is InChI=1S/C22H22F2N2O3S/c1-3-28-19-14-16(8-10-18(19)29-22(23)24)9-11-21(27)26-17-6-4-5-7-20(17)30-15(2)12-13-25/h4-11,14-15,22H,3,12H2,1-2H3,(H,26,27). The van der Waals surface area contributed by atoms with E-state index < -0.39 is 6.61 Å². The van der Waals surface area contributed by atoms with Gasteiger partial charge in [-0.1, -0.05) is 25.1 Å². The van der Waals surface area contributed by atoms with Crippen LogP contribution in [0.2, 0.25) is 0 Å². The summed E-state index contributed by atoms with van der Waals surface area (Å²) in [6.45, 7) is 1.01. The highest BCUT2D eigenvalue weighted by atomic mass is 32.2. The van der Waals surface area contributed by atoms with Crippen LogP contribution >= 0.6 is 11.8 Å². The fourth-order valence-electron chi connectivity index (χ4n) is 2.50. The van der Waals surface area contributed by atoms with Crippen molar-refractivity contribution in [3.63, 3.8) is 0 Å². The largest absolute Gasteiger partial charge is 0.490 e. The summed E-state index contributed by atoms with van der Waals surface area (Å²) in [6.07, 6.45) is 3.30. The van der Waals surface area contributed by atoms with E-state index in [2.05, 4.69) is 16.1 Å². The molecule has 0 fully saturated rings. The number of para-hydroxylation sites is 1. The normalized spacial score (nSPS) is 11.9. The summed E-state index contributed by atoms with van der Waals surface area (Å²) >= 11 is 1.51. The van der Waals surface area contributed by atoms with Gasteiger partial charge in [-0.25, -0.2) is 0 Å². The van der Waals surface area contributed by atoms with Crippen LogP contribution in [0.3, 0.4) is 0 Å². The fraction of sp³-hybridized carbons (Fsp3) is 0.273. The van der Waals surface area contributed by atoms with E-state index in [1.165, 1.54) is 30.0 Å². The second-order valence-electron chi connectivity index (χ2n) is 6.13. The third kappa shape index (κ3) is 7.41. The summed E-state index contributed by atoms with van der Waals surface area (Å²) in [5.74, 6) is -0.235. The molecule has 0 heterocycles. The Bertz CT molecular complexity index is 929. The molecule has 1 unspecified atom stereocenters. The van der Waals surface area contributed by atoms with Crippen molar-refractivity contribution in [2.75, 3.05) is 11.9 Å². The van der Waals surface area contributed by atoms with Crippen LogP contribution in [0.15, 0.2) is 53.4 Å². The molecule has 0 saturated carbocycles. The van der Waals surface area contributed by atoms with Crippen LogP contribution in [-0.2, 0) is 4.79 Å². The molecule has 0 aliphatic rings. The Hall–Kier alpha value is -3.05. The van der Waals surface area contributed by atoms with Crippen LogP contribution in [0.1, 0.15) is 25.8 Å². The molecular weight excluding hydrogens is 410 g/mol. The molecule has 0 spiro atoms. The van der Waals surface area contributed by atoms with Crippen molar-refractivity contribution < 1.29 is 23.0 Å². The van der Waals surface area contributed by atoms with Crippen LogP contribution < -0.4 is 14.8 Å². The number of hydrogen-bond acceptors (Lipinski definition) is 5. The summed E-state index contributed by atoms with van der Waals surface area (Å²) < 4.78 is 34.8. The number of amides is 1. The molecule has 158 valence electrons. The van der Waals surface area contributed by atoms with Gasteiger partial charge in [0.15, 0.2) is 11.5 Å². The zero-order valence-electron chi connectivity index (χ0n) is 16.6. The monoisotopic (exact) mass is 432 g/mol. The molecule has 2 aromatic carbocycles. The molecule has 2 aromatic rings. The highest BCUT2D eigenvalue weighted by Gasteiger charge is 2.12. The summed E-state index contributed by atoms with van der Waals surface area (Å²) in [4.78, 5) is 13.2. The number of rotatable bonds is 10. The van der Waals surface area contributed by atoms with E-state index in [9.17, 15) is 13.6 Å². The van der Waals surface area contributed by atoms with Gasteiger partial charge in [0.25, 0.3) is 0 Å². The number of alkyl halides is 2. The molecule has 0 bridgehead atoms. The second kappa shape index (κ2) is 11.8. The first-order valence-corrected chi connectivity index (χ1v) is 10.1. The van der Waals surface area contributed by atoms with Crippen LogP contribution in [0, 0.1) is 11.3 Å². The first-order chi connectivity index (χ1) is 14.4. The first-order valence-electron chi connectivity index (χ1n) is 9.26. The first kappa shape index (κ1) is 23.2. The zero-order valence-corrected chi connectivity index (χ0v) is 17.4. The van der Waals surface area contributed by atoms with Crippen molar-refractivity contribution in [2.24, 2.45) is 0 Å². The van der Waals surface area contributed by atoms with Gasteiger partial charge < -0.3 is 14.8 Å². The minimum atomic E-state index is -2.95. The Morgan fingerprint density at radius 3 is 2.73 bits per heavy atom. The lowest BCUT2D eigenvalue weighted by atomic mass is 10.2. The van der Waals surface area contributed by atoms with Gasteiger partial charge in [-0.05, 0) is 42.8 Å². The van der Waals surface area contributed by atoms with Crippen LogP contribution in [0.5, 0.6) is 11.5 Å². The minimum absolute atomic E-state index is 0.0640. The number of hydrogen-bond donors (Lipinski definition) is 1. The topological polar surface area (TPSA) is 71.3 Å². The maximum atomic E-state index is 12.5. The maximum Gasteiger partial charge on any atom is 0.387 e. The Morgan fingerprint density at radius 2 is 2.03 bits per heavy atom. The lowest BCUT2D eigenvalue weighted by molar-refractivity contribution is -0.111. The van der Waals surface area contributed by atoms with Crippen molar-refractivity contribution in [1.29, 1.82) is 5.26 Å². The number of thioether (sulfide) groups is 1. The summed E-state index contributed by atoms with van der Waals surface area (Å²) in [5.41, 5.74) is 1.25. The number of carbonyl (C=O) groups excluding carboxylic acids is 1. The predicted octanol–water partition coefficient (Wildman–Crippen LogP) is 5.73. The van der Waals surface area contributed by atoms with Crippen LogP contribution in [0.25, 0.3) is 6.08 Å². The van der Waals surface area contributed by atoms with Crippen molar-refractivity contribution in [3.05, 3.63) is 54.1 Å². The zero-order chi connectivity index (χ0) is 21.9. The molecule has 1 N–H and O–H groups in total. The Morgan fingerprint density at radius 1 is 1.27 bits per heavy atom. The number of halogens is 2. The smallest absolute Gasteiger partial charge is 0.387 e. The summed E-state index contributed by atoms with van der Waals surface area (Å²) in [5, 5.41) is 11.7. The molecule has 0 aliphatic carbocycles. The SMILES string of the molecule is CCOc1cc(C=CC(=O)Nc2ccccc2SC(C)CC#N)ccc1OC(F)F. The molecule has 1 atom stereocenters. The van der Waals surface area contributed by atoms with Crippen LogP contribution in [0.4, 0.5) is 14.5 Å². The van der Waals surface area contributed by atoms with Gasteiger partial charge in [0, 0.05) is 22.6 Å². The van der Waals surface area contributed by atoms with Gasteiger partial charge >= 0.3 is 6.61 Å². The number of nitrogens with one attached hydrogen (secondary N) is 1. The van der Waals surface area contributed by atoms with Crippen molar-refractivity contribution >= 4 is 29.4 Å².